The minimum absolute atomic E-state index is 0. The highest BCUT2D eigenvalue weighted by Gasteiger charge is 2.39. The summed E-state index contributed by atoms with van der Waals surface area (Å²) in [5.41, 5.74) is 1.61. The van der Waals surface area contributed by atoms with Crippen LogP contribution in [0, 0.1) is 12.8 Å². The average molecular weight is 518 g/mol. The Morgan fingerprint density at radius 2 is 1.97 bits per heavy atom. The van der Waals surface area contributed by atoms with E-state index in [1.54, 1.807) is 19.1 Å². The van der Waals surface area contributed by atoms with Gasteiger partial charge in [0.1, 0.15) is 5.92 Å². The molecule has 0 bridgehead atoms. The lowest BCUT2D eigenvalue weighted by atomic mass is 9.95. The molecule has 1 aromatic rings. The second-order valence-electron chi connectivity index (χ2n) is 7.35. The molecule has 0 aromatic heterocycles. The predicted molar refractivity (Wildman–Crippen MR) is 106 cm³/mol. The first-order valence-electron chi connectivity index (χ1n) is 9.85. The van der Waals surface area contributed by atoms with Crippen LogP contribution in [0.2, 0.25) is 0 Å². The minimum atomic E-state index is -0.487. The molecule has 29 heavy (non-hydrogen) atoms. The summed E-state index contributed by atoms with van der Waals surface area (Å²) in [7, 11) is 1.32. The number of para-hydroxylation sites is 1. The number of aryl methyl sites for hydroxylation is 1. The number of hydrogen-bond donors (Lipinski definition) is 1. The standard InChI is InChI=1S/C21H30N2O5.HI/c1-5-23(12-8-10-16(13-23)20(25)28-6-2)14-18(24)22-19-15(3)9-7-11-17(19)21(26)27-4;/h7,9,11,16H,5-6,8,10,12-14H2,1-4H3;1H. The number of carbonyl (C=O) groups excluding carboxylic acids is 3. The number of carbonyl (C=O) groups is 3. The van der Waals surface area contributed by atoms with Crippen LogP contribution in [0.15, 0.2) is 18.2 Å². The summed E-state index contributed by atoms with van der Waals surface area (Å²) >= 11 is 0. The van der Waals surface area contributed by atoms with Gasteiger partial charge in [-0.25, -0.2) is 4.79 Å². The molecule has 1 saturated heterocycles. The molecule has 2 atom stereocenters. The van der Waals surface area contributed by atoms with Crippen molar-refractivity contribution >= 4 is 23.5 Å². The Kier molecular flexibility index (Phi) is 10.0. The van der Waals surface area contributed by atoms with Gasteiger partial charge in [-0.2, -0.15) is 0 Å². The largest absolute Gasteiger partial charge is 1.00 e. The average Bonchev–Trinajstić information content (AvgIpc) is 2.69. The van der Waals surface area contributed by atoms with Gasteiger partial charge in [0.25, 0.3) is 5.91 Å². The van der Waals surface area contributed by atoms with Gasteiger partial charge in [-0.15, -0.1) is 0 Å². The SMILES string of the molecule is CCOC(=O)C1CCC[N+](CC)(CC(=O)Nc2c(C)cccc2C(=O)OC)C1.[I-]. The third-order valence-corrected chi connectivity index (χ3v) is 5.51. The molecular formula is C21H31IN2O5. The van der Waals surface area contributed by atoms with Crippen molar-refractivity contribution in [3.05, 3.63) is 29.3 Å². The fourth-order valence-electron chi connectivity index (χ4n) is 3.92. The van der Waals surface area contributed by atoms with Gasteiger partial charge in [0, 0.05) is 0 Å². The van der Waals surface area contributed by atoms with E-state index in [0.717, 1.165) is 31.5 Å². The van der Waals surface area contributed by atoms with Crippen molar-refractivity contribution in [2.45, 2.75) is 33.6 Å². The van der Waals surface area contributed by atoms with Gasteiger partial charge in [0.05, 0.1) is 44.6 Å². The van der Waals surface area contributed by atoms with Crippen molar-refractivity contribution in [1.29, 1.82) is 0 Å². The lowest BCUT2D eigenvalue weighted by molar-refractivity contribution is -0.925. The maximum Gasteiger partial charge on any atom is 0.339 e. The highest BCUT2D eigenvalue weighted by molar-refractivity contribution is 6.02. The van der Waals surface area contributed by atoms with Gasteiger partial charge in [0.15, 0.2) is 6.54 Å². The molecule has 0 radical (unpaired) electrons. The van der Waals surface area contributed by atoms with Gasteiger partial charge >= 0.3 is 11.9 Å². The molecule has 1 fully saturated rings. The van der Waals surface area contributed by atoms with E-state index in [1.807, 2.05) is 19.9 Å². The zero-order chi connectivity index (χ0) is 20.7. The molecule has 2 rings (SSSR count). The molecule has 2 unspecified atom stereocenters. The van der Waals surface area contributed by atoms with E-state index in [0.29, 0.717) is 28.9 Å². The molecular weight excluding hydrogens is 487 g/mol. The summed E-state index contributed by atoms with van der Waals surface area (Å²) in [6, 6.07) is 5.23. The number of esters is 2. The van der Waals surface area contributed by atoms with E-state index in [1.165, 1.54) is 7.11 Å². The number of halogens is 1. The molecule has 0 saturated carbocycles. The Hall–Kier alpha value is -1.68. The number of benzene rings is 1. The van der Waals surface area contributed by atoms with Crippen LogP contribution in [0.1, 0.15) is 42.6 Å². The van der Waals surface area contributed by atoms with E-state index in [9.17, 15) is 14.4 Å². The number of piperidine rings is 1. The van der Waals surface area contributed by atoms with Crippen LogP contribution in [0.25, 0.3) is 0 Å². The number of likely N-dealkylation sites (tertiary alicyclic amines) is 1. The maximum atomic E-state index is 12.9. The first-order chi connectivity index (χ1) is 13.4. The van der Waals surface area contributed by atoms with Crippen LogP contribution in [0.3, 0.4) is 0 Å². The van der Waals surface area contributed by atoms with Gasteiger partial charge in [0.2, 0.25) is 0 Å². The Balaban J connectivity index is 0.00000420. The maximum absolute atomic E-state index is 12.9. The van der Waals surface area contributed by atoms with E-state index in [-0.39, 0.29) is 48.3 Å². The summed E-state index contributed by atoms with van der Waals surface area (Å²) in [5.74, 6) is -1.01. The normalized spacial score (nSPS) is 20.9. The number of nitrogens with zero attached hydrogens (tertiary/aromatic N) is 1. The second-order valence-corrected chi connectivity index (χ2v) is 7.35. The van der Waals surface area contributed by atoms with Gasteiger partial charge in [-0.05, 0) is 45.2 Å². The number of ether oxygens (including phenoxy) is 2. The Morgan fingerprint density at radius 1 is 1.24 bits per heavy atom. The molecule has 1 amide bonds. The first kappa shape index (κ1) is 25.4. The lowest BCUT2D eigenvalue weighted by Crippen LogP contribution is -3.00. The molecule has 0 spiro atoms. The smallest absolute Gasteiger partial charge is 0.339 e. The topological polar surface area (TPSA) is 81.7 Å². The molecule has 1 aliphatic rings. The zero-order valence-electron chi connectivity index (χ0n) is 17.6. The number of hydrogen-bond acceptors (Lipinski definition) is 5. The van der Waals surface area contributed by atoms with Crippen molar-refractivity contribution in [1.82, 2.24) is 0 Å². The first-order valence-corrected chi connectivity index (χ1v) is 9.85. The monoisotopic (exact) mass is 518 g/mol. The number of amides is 1. The highest BCUT2D eigenvalue weighted by atomic mass is 127. The number of nitrogens with one attached hydrogen (secondary N) is 1. The second kappa shape index (κ2) is 11.5. The lowest BCUT2D eigenvalue weighted by Gasteiger charge is -2.42. The molecule has 8 heteroatoms. The quantitative estimate of drug-likeness (QED) is 0.300. The van der Waals surface area contributed by atoms with Crippen molar-refractivity contribution < 1.29 is 52.3 Å². The summed E-state index contributed by atoms with van der Waals surface area (Å²) in [5, 5.41) is 2.90. The Morgan fingerprint density at radius 3 is 2.59 bits per heavy atom. The Labute approximate surface area is 189 Å². The summed E-state index contributed by atoms with van der Waals surface area (Å²) in [4.78, 5) is 37.1. The molecule has 1 heterocycles. The third kappa shape index (κ3) is 6.40. The summed E-state index contributed by atoms with van der Waals surface area (Å²) < 4.78 is 10.5. The van der Waals surface area contributed by atoms with Gasteiger partial charge in [-0.3, -0.25) is 9.59 Å². The van der Waals surface area contributed by atoms with Gasteiger partial charge < -0.3 is 43.3 Å². The van der Waals surface area contributed by atoms with Crippen molar-refractivity contribution in [2.24, 2.45) is 5.92 Å². The molecule has 1 aliphatic heterocycles. The van der Waals surface area contributed by atoms with Crippen molar-refractivity contribution in [3.8, 4) is 0 Å². The van der Waals surface area contributed by atoms with Crippen LogP contribution in [0.5, 0.6) is 0 Å². The van der Waals surface area contributed by atoms with E-state index in [4.69, 9.17) is 9.47 Å². The van der Waals surface area contributed by atoms with Gasteiger partial charge in [-0.1, -0.05) is 12.1 Å². The molecule has 1 aromatic carbocycles. The number of methoxy groups -OCH3 is 1. The van der Waals surface area contributed by atoms with E-state index < -0.39 is 5.97 Å². The van der Waals surface area contributed by atoms with Crippen LogP contribution in [-0.4, -0.2) is 62.2 Å². The van der Waals surface area contributed by atoms with Crippen molar-refractivity contribution in [3.63, 3.8) is 0 Å². The molecule has 1 N–H and O–H groups in total. The van der Waals surface area contributed by atoms with Crippen LogP contribution < -0.4 is 29.3 Å². The number of likely N-dealkylation sites (N-methyl/N-ethyl adjacent to an activating group) is 1. The van der Waals surface area contributed by atoms with E-state index >= 15 is 0 Å². The summed E-state index contributed by atoms with van der Waals surface area (Å²) in [6.45, 7) is 8.49. The number of quaternary nitrogens is 1. The predicted octanol–water partition coefficient (Wildman–Crippen LogP) is -0.466. The molecule has 0 aliphatic carbocycles. The van der Waals surface area contributed by atoms with Crippen molar-refractivity contribution in [2.75, 3.05) is 45.2 Å². The third-order valence-electron chi connectivity index (χ3n) is 5.51. The van der Waals surface area contributed by atoms with Crippen LogP contribution >= 0.6 is 0 Å². The molecule has 7 nitrogen and oxygen atoms in total. The van der Waals surface area contributed by atoms with E-state index in [2.05, 4.69) is 5.32 Å². The Bertz CT molecular complexity index is 740. The molecule has 162 valence electrons. The summed E-state index contributed by atoms with van der Waals surface area (Å²) in [6.07, 6.45) is 1.67. The number of anilines is 1. The minimum Gasteiger partial charge on any atom is -1.00 e. The highest BCUT2D eigenvalue weighted by Crippen LogP contribution is 2.26. The number of rotatable bonds is 7. The van der Waals surface area contributed by atoms with Crippen LogP contribution in [-0.2, 0) is 19.1 Å². The van der Waals surface area contributed by atoms with Crippen LogP contribution in [0.4, 0.5) is 5.69 Å². The fraction of sp³-hybridized carbons (Fsp3) is 0.571. The fourth-order valence-corrected chi connectivity index (χ4v) is 3.92. The zero-order valence-corrected chi connectivity index (χ0v) is 19.8.